The Morgan fingerprint density at radius 3 is 2.30 bits per heavy atom. The Bertz CT molecular complexity index is 1090. The molecule has 4 heterocycles. The number of anilines is 1. The van der Waals surface area contributed by atoms with Gasteiger partial charge in [-0.1, -0.05) is 39.0 Å². The molecule has 11 heteroatoms. The Morgan fingerprint density at radius 2 is 1.68 bits per heavy atom. The normalized spacial score (nSPS) is 17.7. The molecule has 2 aliphatic heterocycles. The lowest BCUT2D eigenvalue weighted by Crippen LogP contribution is -2.47. The molecule has 3 amide bonds. The van der Waals surface area contributed by atoms with Gasteiger partial charge in [0.05, 0.1) is 22.4 Å². The summed E-state index contributed by atoms with van der Waals surface area (Å²) in [5, 5.41) is 3.54. The van der Waals surface area contributed by atoms with E-state index in [1.165, 1.54) is 11.3 Å². The maximum atomic E-state index is 13.0. The van der Waals surface area contributed by atoms with E-state index in [0.29, 0.717) is 62.2 Å². The SMILES string of the molecule is CCC(=O)N1CCC(C(=O)N2CCC(C(=O)Nc3ncc(SCc4ncc(C(C)(C)C)o4)s3)CC2)CC1. The highest BCUT2D eigenvalue weighted by Gasteiger charge is 2.33. The number of nitrogens with zero attached hydrogens (tertiary/aromatic N) is 4. The smallest absolute Gasteiger partial charge is 0.229 e. The van der Waals surface area contributed by atoms with Gasteiger partial charge in [-0.15, -0.1) is 11.8 Å². The van der Waals surface area contributed by atoms with Crippen molar-refractivity contribution in [2.75, 3.05) is 31.5 Å². The van der Waals surface area contributed by atoms with Crippen molar-refractivity contribution in [3.05, 3.63) is 24.0 Å². The number of carbonyl (C=O) groups is 3. The lowest BCUT2D eigenvalue weighted by Gasteiger charge is -2.37. The number of hydrogen-bond donors (Lipinski definition) is 1. The molecule has 0 atom stereocenters. The summed E-state index contributed by atoms with van der Waals surface area (Å²) in [4.78, 5) is 50.2. The van der Waals surface area contributed by atoms with Crippen LogP contribution in [0.1, 0.15) is 71.5 Å². The lowest BCUT2D eigenvalue weighted by molar-refractivity contribution is -0.142. The second kappa shape index (κ2) is 12.0. The van der Waals surface area contributed by atoms with E-state index in [0.717, 1.165) is 22.8 Å². The Labute approximate surface area is 226 Å². The van der Waals surface area contributed by atoms with E-state index >= 15 is 0 Å². The molecule has 2 aromatic heterocycles. The van der Waals surface area contributed by atoms with Gasteiger partial charge >= 0.3 is 0 Å². The molecule has 1 N–H and O–H groups in total. The van der Waals surface area contributed by atoms with Gasteiger partial charge in [-0.2, -0.15) is 0 Å². The van der Waals surface area contributed by atoms with Gasteiger partial charge in [0, 0.05) is 49.9 Å². The van der Waals surface area contributed by atoms with Gasteiger partial charge in [0.25, 0.3) is 0 Å². The van der Waals surface area contributed by atoms with Gasteiger partial charge in [-0.3, -0.25) is 14.4 Å². The van der Waals surface area contributed by atoms with Crippen LogP contribution in [0.25, 0.3) is 0 Å². The van der Waals surface area contributed by atoms with Gasteiger partial charge in [-0.25, -0.2) is 9.97 Å². The minimum absolute atomic E-state index is 0.0195. The molecular formula is C26H37N5O4S2. The lowest BCUT2D eigenvalue weighted by atomic mass is 9.91. The number of thioether (sulfide) groups is 1. The number of amides is 3. The molecule has 9 nitrogen and oxygen atoms in total. The molecule has 4 rings (SSSR count). The van der Waals surface area contributed by atoms with Crippen molar-refractivity contribution in [2.24, 2.45) is 11.8 Å². The molecule has 2 aromatic rings. The van der Waals surface area contributed by atoms with Gasteiger partial charge < -0.3 is 19.5 Å². The van der Waals surface area contributed by atoms with Crippen molar-refractivity contribution in [1.82, 2.24) is 19.8 Å². The van der Waals surface area contributed by atoms with E-state index < -0.39 is 0 Å². The van der Waals surface area contributed by atoms with Crippen LogP contribution in [-0.2, 0) is 25.6 Å². The van der Waals surface area contributed by atoms with E-state index in [4.69, 9.17) is 4.42 Å². The molecule has 0 saturated carbocycles. The van der Waals surface area contributed by atoms with Crippen LogP contribution in [0.5, 0.6) is 0 Å². The molecule has 0 unspecified atom stereocenters. The molecule has 0 spiro atoms. The zero-order valence-electron chi connectivity index (χ0n) is 22.1. The predicted octanol–water partition coefficient (Wildman–Crippen LogP) is 4.55. The van der Waals surface area contributed by atoms with Gasteiger partial charge in [-0.05, 0) is 25.7 Å². The van der Waals surface area contributed by atoms with Crippen LogP contribution in [0.3, 0.4) is 0 Å². The molecule has 0 aliphatic carbocycles. The highest BCUT2D eigenvalue weighted by atomic mass is 32.2. The minimum atomic E-state index is -0.129. The zero-order chi connectivity index (χ0) is 26.6. The van der Waals surface area contributed by atoms with Crippen LogP contribution in [0, 0.1) is 11.8 Å². The fourth-order valence-electron chi connectivity index (χ4n) is 4.67. The number of aromatic nitrogens is 2. The fraction of sp³-hybridized carbons (Fsp3) is 0.654. The Balaban J connectivity index is 1.19. The first-order valence-electron chi connectivity index (χ1n) is 13.0. The average molecular weight is 548 g/mol. The summed E-state index contributed by atoms with van der Waals surface area (Å²) in [7, 11) is 0. The average Bonchev–Trinajstić information content (AvgIpc) is 3.56. The van der Waals surface area contributed by atoms with Gasteiger partial charge in [0.2, 0.25) is 23.6 Å². The van der Waals surface area contributed by atoms with Crippen LogP contribution in [0.2, 0.25) is 0 Å². The second-order valence-corrected chi connectivity index (χ2v) is 13.0. The summed E-state index contributed by atoms with van der Waals surface area (Å²) in [6, 6.07) is 0. The van der Waals surface area contributed by atoms with Gasteiger partial charge in [0.15, 0.2) is 5.13 Å². The van der Waals surface area contributed by atoms with Gasteiger partial charge in [0.1, 0.15) is 5.76 Å². The highest BCUT2D eigenvalue weighted by molar-refractivity contribution is 8.00. The zero-order valence-corrected chi connectivity index (χ0v) is 23.8. The summed E-state index contributed by atoms with van der Waals surface area (Å²) in [5.41, 5.74) is -0.0744. The summed E-state index contributed by atoms with van der Waals surface area (Å²) >= 11 is 3.03. The molecule has 2 saturated heterocycles. The van der Waals surface area contributed by atoms with E-state index in [9.17, 15) is 14.4 Å². The first kappa shape index (κ1) is 27.6. The highest BCUT2D eigenvalue weighted by Crippen LogP contribution is 2.32. The van der Waals surface area contributed by atoms with E-state index in [1.54, 1.807) is 24.2 Å². The minimum Gasteiger partial charge on any atom is -0.444 e. The maximum Gasteiger partial charge on any atom is 0.229 e. The summed E-state index contributed by atoms with van der Waals surface area (Å²) < 4.78 is 6.83. The van der Waals surface area contributed by atoms with Crippen molar-refractivity contribution in [3.8, 4) is 0 Å². The van der Waals surface area contributed by atoms with Crippen LogP contribution < -0.4 is 5.32 Å². The predicted molar refractivity (Wildman–Crippen MR) is 144 cm³/mol. The quantitative estimate of drug-likeness (QED) is 0.507. The topological polar surface area (TPSA) is 109 Å². The molecule has 0 bridgehead atoms. The third kappa shape index (κ3) is 7.13. The van der Waals surface area contributed by atoms with Crippen LogP contribution >= 0.6 is 23.1 Å². The molecule has 2 aliphatic rings. The Kier molecular flexibility index (Phi) is 8.94. The number of hydrogen-bond acceptors (Lipinski definition) is 8. The van der Waals surface area contributed by atoms with E-state index in [2.05, 4.69) is 36.1 Å². The molecule has 2 fully saturated rings. The van der Waals surface area contributed by atoms with E-state index in [1.807, 2.05) is 16.7 Å². The number of nitrogens with one attached hydrogen (secondary N) is 1. The molecular weight excluding hydrogens is 510 g/mol. The third-order valence-electron chi connectivity index (χ3n) is 7.02. The number of likely N-dealkylation sites (tertiary alicyclic amines) is 2. The fourth-order valence-corrected chi connectivity index (χ4v) is 6.40. The standard InChI is InChI=1S/C26H37N5O4S2/c1-5-21(32)30-10-8-18(9-11-30)24(34)31-12-6-17(7-13-31)23(33)29-25-28-15-22(37-25)36-16-20-27-14-19(35-20)26(2,3)4/h14-15,17-18H,5-13,16H2,1-4H3,(H,28,29,33). The largest absolute Gasteiger partial charge is 0.444 e. The maximum absolute atomic E-state index is 13.0. The van der Waals surface area contributed by atoms with E-state index in [-0.39, 0.29) is 35.0 Å². The first-order valence-corrected chi connectivity index (χ1v) is 14.9. The Morgan fingerprint density at radius 1 is 1.03 bits per heavy atom. The third-order valence-corrected chi connectivity index (χ3v) is 9.11. The number of rotatable bonds is 7. The summed E-state index contributed by atoms with van der Waals surface area (Å²) in [6.07, 6.45) is 6.81. The van der Waals surface area contributed by atoms with Crippen molar-refractivity contribution >= 4 is 46.0 Å². The molecule has 37 heavy (non-hydrogen) atoms. The van der Waals surface area contributed by atoms with Crippen molar-refractivity contribution in [2.45, 2.75) is 75.2 Å². The number of carbonyl (C=O) groups excluding carboxylic acids is 3. The van der Waals surface area contributed by atoms with Crippen LogP contribution in [0.4, 0.5) is 5.13 Å². The molecule has 202 valence electrons. The second-order valence-electron chi connectivity index (χ2n) is 10.7. The molecule has 0 radical (unpaired) electrons. The number of thiazole rings is 1. The van der Waals surface area contributed by atoms with Crippen molar-refractivity contribution < 1.29 is 18.8 Å². The monoisotopic (exact) mass is 547 g/mol. The van der Waals surface area contributed by atoms with Crippen molar-refractivity contribution in [3.63, 3.8) is 0 Å². The van der Waals surface area contributed by atoms with Crippen LogP contribution in [0.15, 0.2) is 21.0 Å². The summed E-state index contributed by atoms with van der Waals surface area (Å²) in [5.74, 6) is 2.29. The number of piperidine rings is 2. The first-order chi connectivity index (χ1) is 17.6. The Hall–Kier alpha value is -2.40. The van der Waals surface area contributed by atoms with Crippen LogP contribution in [-0.4, -0.2) is 63.7 Å². The number of oxazole rings is 1. The summed E-state index contributed by atoms with van der Waals surface area (Å²) in [6.45, 7) is 10.6. The van der Waals surface area contributed by atoms with Crippen molar-refractivity contribution in [1.29, 1.82) is 0 Å². The molecule has 0 aromatic carbocycles.